The first-order valence-electron chi connectivity index (χ1n) is 3.92. The summed E-state index contributed by atoms with van der Waals surface area (Å²) in [7, 11) is 0. The predicted molar refractivity (Wildman–Crippen MR) is 47.7 cm³/mol. The van der Waals surface area contributed by atoms with Gasteiger partial charge in [-0.1, -0.05) is 32.9 Å². The van der Waals surface area contributed by atoms with E-state index in [1.54, 1.807) is 0 Å². The molecule has 1 aromatic carbocycles. The van der Waals surface area contributed by atoms with Gasteiger partial charge in [-0.15, -0.1) is 0 Å². The van der Waals surface area contributed by atoms with Gasteiger partial charge in [0.05, 0.1) is 0 Å². The van der Waals surface area contributed by atoms with Crippen molar-refractivity contribution < 1.29 is 18.1 Å². The largest absolute Gasteiger partial charge is 1.00 e. The third-order valence-corrected chi connectivity index (χ3v) is 1.82. The Kier molecular flexibility index (Phi) is 3.75. The van der Waals surface area contributed by atoms with E-state index in [-0.39, 0.29) is 17.8 Å². The second-order valence-corrected chi connectivity index (χ2v) is 3.95. The van der Waals surface area contributed by atoms with Crippen LogP contribution in [-0.4, -0.2) is 0 Å². The van der Waals surface area contributed by atoms with Crippen LogP contribution >= 0.6 is 0 Å². The highest BCUT2D eigenvalue weighted by molar-refractivity contribution is 5.34. The van der Waals surface area contributed by atoms with Crippen molar-refractivity contribution in [2.24, 2.45) is 0 Å². The highest BCUT2D eigenvalue weighted by atomic mass is 35.5. The van der Waals surface area contributed by atoms with Crippen molar-refractivity contribution in [1.29, 1.82) is 0 Å². The van der Waals surface area contributed by atoms with Gasteiger partial charge in [0.15, 0.2) is 0 Å². The third kappa shape index (κ3) is 2.84. The van der Waals surface area contributed by atoms with Gasteiger partial charge >= 0.3 is 0 Å². The summed E-state index contributed by atoms with van der Waals surface area (Å²) in [5.41, 5.74) is 6.55. The summed E-state index contributed by atoms with van der Waals surface area (Å²) >= 11 is 0. The molecule has 0 heterocycles. The van der Waals surface area contributed by atoms with Crippen LogP contribution < -0.4 is 18.1 Å². The lowest BCUT2D eigenvalue weighted by Crippen LogP contribution is -3.00. The zero-order chi connectivity index (χ0) is 8.48. The summed E-state index contributed by atoms with van der Waals surface area (Å²) in [4.78, 5) is 0. The maximum Gasteiger partial charge on any atom is 0.127 e. The van der Waals surface area contributed by atoms with E-state index >= 15 is 0 Å². The van der Waals surface area contributed by atoms with Gasteiger partial charge in [-0.05, 0) is 23.1 Å². The summed E-state index contributed by atoms with van der Waals surface area (Å²) in [6.07, 6.45) is 0. The van der Waals surface area contributed by atoms with Gasteiger partial charge in [-0.2, -0.15) is 0 Å². The first kappa shape index (κ1) is 11.5. The molecule has 0 unspecified atom stereocenters. The van der Waals surface area contributed by atoms with Crippen LogP contribution in [0.15, 0.2) is 24.3 Å². The molecular formula is C10H16ClN. The molecule has 12 heavy (non-hydrogen) atoms. The van der Waals surface area contributed by atoms with Gasteiger partial charge in [-0.3, -0.25) is 0 Å². The number of benzene rings is 1. The van der Waals surface area contributed by atoms with E-state index in [9.17, 15) is 0 Å². The third-order valence-electron chi connectivity index (χ3n) is 1.82. The Bertz CT molecular complexity index is 233. The van der Waals surface area contributed by atoms with Gasteiger partial charge in [0, 0.05) is 0 Å². The van der Waals surface area contributed by atoms with Crippen molar-refractivity contribution in [2.75, 3.05) is 0 Å². The second-order valence-electron chi connectivity index (χ2n) is 3.95. The van der Waals surface area contributed by atoms with Crippen LogP contribution in [0.4, 0.5) is 5.69 Å². The molecule has 0 atom stereocenters. The Morgan fingerprint density at radius 2 is 1.42 bits per heavy atom. The summed E-state index contributed by atoms with van der Waals surface area (Å²) in [5.74, 6) is 0. The summed E-state index contributed by atoms with van der Waals surface area (Å²) in [5, 5.41) is 0. The Hall–Kier alpha value is -0.530. The van der Waals surface area contributed by atoms with Gasteiger partial charge in [0.25, 0.3) is 0 Å². The zero-order valence-electron chi connectivity index (χ0n) is 7.89. The van der Waals surface area contributed by atoms with Gasteiger partial charge in [0.1, 0.15) is 5.69 Å². The van der Waals surface area contributed by atoms with E-state index in [1.807, 2.05) is 0 Å². The van der Waals surface area contributed by atoms with Crippen molar-refractivity contribution in [3.05, 3.63) is 29.8 Å². The molecule has 2 heteroatoms. The minimum Gasteiger partial charge on any atom is -1.00 e. The maximum atomic E-state index is 3.84. The van der Waals surface area contributed by atoms with Crippen molar-refractivity contribution >= 4 is 5.69 Å². The molecule has 1 rings (SSSR count). The molecule has 0 spiro atoms. The number of rotatable bonds is 0. The summed E-state index contributed by atoms with van der Waals surface area (Å²) in [6.45, 7) is 6.64. The lowest BCUT2D eigenvalue weighted by atomic mass is 9.87. The van der Waals surface area contributed by atoms with E-state index < -0.39 is 0 Å². The fourth-order valence-corrected chi connectivity index (χ4v) is 1.00. The van der Waals surface area contributed by atoms with Crippen LogP contribution in [-0.2, 0) is 5.41 Å². The molecule has 0 aliphatic heterocycles. The van der Waals surface area contributed by atoms with Crippen molar-refractivity contribution in [1.82, 2.24) is 0 Å². The number of quaternary nitrogens is 1. The van der Waals surface area contributed by atoms with Crippen molar-refractivity contribution in [3.63, 3.8) is 0 Å². The minimum absolute atomic E-state index is 0. The number of hydrogen-bond acceptors (Lipinski definition) is 0. The average Bonchev–Trinajstić information content (AvgIpc) is 1.86. The van der Waals surface area contributed by atoms with Gasteiger partial charge < -0.3 is 18.1 Å². The van der Waals surface area contributed by atoms with E-state index in [0.717, 1.165) is 5.69 Å². The fourth-order valence-electron chi connectivity index (χ4n) is 1.00. The lowest BCUT2D eigenvalue weighted by Gasteiger charge is -2.18. The Morgan fingerprint density at radius 3 is 1.75 bits per heavy atom. The lowest BCUT2D eigenvalue weighted by molar-refractivity contribution is -0.254. The first-order chi connectivity index (χ1) is 5.00. The van der Waals surface area contributed by atoms with Crippen LogP contribution in [0, 0.1) is 0 Å². The van der Waals surface area contributed by atoms with Crippen molar-refractivity contribution in [3.8, 4) is 0 Å². The van der Waals surface area contributed by atoms with Crippen LogP contribution in [0.5, 0.6) is 0 Å². The number of halogens is 1. The molecule has 0 amide bonds. The molecule has 3 N–H and O–H groups in total. The molecule has 1 aromatic rings. The van der Waals surface area contributed by atoms with Crippen LogP contribution in [0.2, 0.25) is 0 Å². The molecule has 0 bridgehead atoms. The zero-order valence-corrected chi connectivity index (χ0v) is 8.65. The standard InChI is InChI=1S/C10H15N.ClH/c1-10(2,3)8-4-6-9(11)7-5-8;/h4-7H,11H2,1-3H3;1H. The quantitative estimate of drug-likeness (QED) is 0.530. The molecule has 0 aliphatic carbocycles. The highest BCUT2D eigenvalue weighted by Gasteiger charge is 2.12. The highest BCUT2D eigenvalue weighted by Crippen LogP contribution is 2.21. The maximum absolute atomic E-state index is 3.84. The van der Waals surface area contributed by atoms with Crippen LogP contribution in [0.3, 0.4) is 0 Å². The Morgan fingerprint density at radius 1 is 1.00 bits per heavy atom. The molecule has 0 fully saturated rings. The second kappa shape index (κ2) is 3.92. The van der Waals surface area contributed by atoms with Crippen LogP contribution in [0.1, 0.15) is 26.3 Å². The SMILES string of the molecule is CC(C)(C)c1ccc([NH3+])cc1.[Cl-]. The Labute approximate surface area is 80.4 Å². The minimum atomic E-state index is 0. The van der Waals surface area contributed by atoms with Gasteiger partial charge in [-0.25, -0.2) is 0 Å². The first-order valence-corrected chi connectivity index (χ1v) is 3.92. The molecule has 0 aliphatic rings. The van der Waals surface area contributed by atoms with Crippen LogP contribution in [0.25, 0.3) is 0 Å². The molecular weight excluding hydrogens is 170 g/mol. The molecule has 0 saturated carbocycles. The predicted octanol–water partition coefficient (Wildman–Crippen LogP) is -1.14. The average molecular weight is 186 g/mol. The monoisotopic (exact) mass is 185 g/mol. The fraction of sp³-hybridized carbons (Fsp3) is 0.400. The van der Waals surface area contributed by atoms with E-state index in [4.69, 9.17) is 0 Å². The topological polar surface area (TPSA) is 27.6 Å². The summed E-state index contributed by atoms with van der Waals surface area (Å²) in [6, 6.07) is 8.39. The smallest absolute Gasteiger partial charge is 0.127 e. The molecule has 68 valence electrons. The van der Waals surface area contributed by atoms with E-state index in [2.05, 4.69) is 50.8 Å². The summed E-state index contributed by atoms with van der Waals surface area (Å²) < 4.78 is 0. The number of hydrogen-bond donors (Lipinski definition) is 1. The van der Waals surface area contributed by atoms with E-state index in [0.29, 0.717) is 0 Å². The molecule has 0 aromatic heterocycles. The molecule has 0 radical (unpaired) electrons. The van der Waals surface area contributed by atoms with E-state index in [1.165, 1.54) is 5.56 Å². The molecule has 1 nitrogen and oxygen atoms in total. The van der Waals surface area contributed by atoms with Crippen molar-refractivity contribution in [2.45, 2.75) is 26.2 Å². The molecule has 0 saturated heterocycles. The normalized spacial score (nSPS) is 10.7. The van der Waals surface area contributed by atoms with Gasteiger partial charge in [0.2, 0.25) is 0 Å². The Balaban J connectivity index is 0.00000121.